The summed E-state index contributed by atoms with van der Waals surface area (Å²) < 4.78 is 5.16. The maximum absolute atomic E-state index is 5.16. The standard InChI is InChI=1S/C13H18N2O/c1-16-13-8-10(6-7-14-13)9-15-11-2-3-12(15)5-4-11/h6-8,11-12H,2-5,9H2,1H3. The fourth-order valence-corrected chi connectivity index (χ4v) is 3.15. The number of aromatic nitrogens is 1. The Balaban J connectivity index is 1.74. The van der Waals surface area contributed by atoms with Gasteiger partial charge in [0.05, 0.1) is 7.11 Å². The van der Waals surface area contributed by atoms with Crippen molar-refractivity contribution < 1.29 is 4.74 Å². The Morgan fingerprint density at radius 1 is 1.31 bits per heavy atom. The van der Waals surface area contributed by atoms with Crippen molar-refractivity contribution in [1.82, 2.24) is 9.88 Å². The lowest BCUT2D eigenvalue weighted by atomic mass is 10.0. The summed E-state index contributed by atoms with van der Waals surface area (Å²) in [6, 6.07) is 5.83. The average molecular weight is 218 g/mol. The minimum absolute atomic E-state index is 0.726. The molecule has 2 saturated heterocycles. The minimum Gasteiger partial charge on any atom is -0.481 e. The van der Waals surface area contributed by atoms with Crippen molar-refractivity contribution in [1.29, 1.82) is 0 Å². The van der Waals surface area contributed by atoms with Gasteiger partial charge >= 0.3 is 0 Å². The van der Waals surface area contributed by atoms with E-state index in [9.17, 15) is 0 Å². The monoisotopic (exact) mass is 218 g/mol. The van der Waals surface area contributed by atoms with Crippen molar-refractivity contribution in [3.05, 3.63) is 23.9 Å². The van der Waals surface area contributed by atoms with Gasteiger partial charge in [-0.3, -0.25) is 4.90 Å². The zero-order valence-electron chi connectivity index (χ0n) is 9.72. The fourth-order valence-electron chi connectivity index (χ4n) is 3.15. The summed E-state index contributed by atoms with van der Waals surface area (Å²) in [5, 5.41) is 0. The van der Waals surface area contributed by atoms with Crippen LogP contribution in [0.15, 0.2) is 18.3 Å². The molecule has 0 atom stereocenters. The second kappa shape index (κ2) is 4.06. The Morgan fingerprint density at radius 3 is 2.62 bits per heavy atom. The molecular formula is C13H18N2O. The topological polar surface area (TPSA) is 25.4 Å². The molecule has 3 heterocycles. The highest BCUT2D eigenvalue weighted by Crippen LogP contribution is 2.38. The lowest BCUT2D eigenvalue weighted by molar-refractivity contribution is 0.243. The van der Waals surface area contributed by atoms with Gasteiger partial charge in [0.15, 0.2) is 0 Å². The van der Waals surface area contributed by atoms with Crippen LogP contribution in [-0.2, 0) is 6.54 Å². The van der Waals surface area contributed by atoms with Gasteiger partial charge in [-0.15, -0.1) is 0 Å². The number of pyridine rings is 1. The Kier molecular flexibility index (Phi) is 2.56. The lowest BCUT2D eigenvalue weighted by Crippen LogP contribution is -2.27. The first-order valence-corrected chi connectivity index (χ1v) is 6.11. The summed E-state index contributed by atoms with van der Waals surface area (Å²) in [4.78, 5) is 6.81. The number of hydrogen-bond donors (Lipinski definition) is 0. The van der Waals surface area contributed by atoms with Crippen molar-refractivity contribution in [3.63, 3.8) is 0 Å². The van der Waals surface area contributed by atoms with Gasteiger partial charge in [-0.05, 0) is 37.3 Å². The Bertz CT molecular complexity index is 360. The van der Waals surface area contributed by atoms with E-state index in [2.05, 4.69) is 22.0 Å². The van der Waals surface area contributed by atoms with Crippen LogP contribution >= 0.6 is 0 Å². The van der Waals surface area contributed by atoms with Crippen molar-refractivity contribution >= 4 is 0 Å². The van der Waals surface area contributed by atoms with Crippen LogP contribution in [0.1, 0.15) is 31.2 Å². The van der Waals surface area contributed by atoms with E-state index in [0.29, 0.717) is 0 Å². The molecule has 0 spiro atoms. The van der Waals surface area contributed by atoms with E-state index >= 15 is 0 Å². The third-order valence-corrected chi connectivity index (χ3v) is 3.98. The fraction of sp³-hybridized carbons (Fsp3) is 0.615. The third kappa shape index (κ3) is 1.69. The molecule has 0 N–H and O–H groups in total. The second-order valence-corrected chi connectivity index (χ2v) is 4.84. The number of hydrogen-bond acceptors (Lipinski definition) is 3. The molecule has 0 unspecified atom stereocenters. The molecule has 0 amide bonds. The maximum atomic E-state index is 5.16. The molecule has 1 aromatic heterocycles. The highest BCUT2D eigenvalue weighted by atomic mass is 16.5. The second-order valence-electron chi connectivity index (χ2n) is 4.84. The van der Waals surface area contributed by atoms with Crippen LogP contribution in [0, 0.1) is 0 Å². The molecule has 86 valence electrons. The molecule has 1 aromatic rings. The number of nitrogens with zero attached hydrogens (tertiary/aromatic N) is 2. The van der Waals surface area contributed by atoms with E-state index < -0.39 is 0 Å². The van der Waals surface area contributed by atoms with Crippen molar-refractivity contribution in [2.75, 3.05) is 7.11 Å². The van der Waals surface area contributed by atoms with Crippen molar-refractivity contribution in [2.45, 2.75) is 44.3 Å². The summed E-state index contributed by atoms with van der Waals surface area (Å²) in [5.74, 6) is 0.726. The zero-order chi connectivity index (χ0) is 11.0. The van der Waals surface area contributed by atoms with Crippen LogP contribution in [0.25, 0.3) is 0 Å². The molecule has 2 bridgehead atoms. The molecule has 3 rings (SSSR count). The summed E-state index contributed by atoms with van der Waals surface area (Å²) in [7, 11) is 1.67. The molecular weight excluding hydrogens is 200 g/mol. The van der Waals surface area contributed by atoms with E-state index in [1.54, 1.807) is 7.11 Å². The van der Waals surface area contributed by atoms with Gasteiger partial charge in [0.25, 0.3) is 0 Å². The molecule has 2 fully saturated rings. The van der Waals surface area contributed by atoms with Gasteiger partial charge in [0.2, 0.25) is 5.88 Å². The van der Waals surface area contributed by atoms with Gasteiger partial charge in [-0.25, -0.2) is 4.98 Å². The lowest BCUT2D eigenvalue weighted by Gasteiger charge is -2.21. The van der Waals surface area contributed by atoms with Crippen LogP contribution in [0.2, 0.25) is 0 Å². The number of ether oxygens (including phenoxy) is 1. The van der Waals surface area contributed by atoms with Crippen LogP contribution in [-0.4, -0.2) is 29.1 Å². The molecule has 0 saturated carbocycles. The van der Waals surface area contributed by atoms with Crippen LogP contribution in [0.4, 0.5) is 0 Å². The van der Waals surface area contributed by atoms with Gasteiger partial charge in [-0.2, -0.15) is 0 Å². The predicted molar refractivity (Wildman–Crippen MR) is 62.4 cm³/mol. The molecule has 0 radical (unpaired) electrons. The average Bonchev–Trinajstić information content (AvgIpc) is 2.89. The SMILES string of the molecule is COc1cc(CN2C3CCC2CC3)ccn1. The maximum Gasteiger partial charge on any atom is 0.213 e. The number of rotatable bonds is 3. The first kappa shape index (κ1) is 10.1. The first-order chi connectivity index (χ1) is 7.86. The predicted octanol–water partition coefficient (Wildman–Crippen LogP) is 2.22. The van der Waals surface area contributed by atoms with E-state index in [-0.39, 0.29) is 0 Å². The summed E-state index contributed by atoms with van der Waals surface area (Å²) in [5.41, 5.74) is 1.32. The van der Waals surface area contributed by atoms with Gasteiger partial charge in [-0.1, -0.05) is 0 Å². The first-order valence-electron chi connectivity index (χ1n) is 6.11. The molecule has 3 nitrogen and oxygen atoms in total. The number of methoxy groups -OCH3 is 1. The minimum atomic E-state index is 0.726. The zero-order valence-corrected chi connectivity index (χ0v) is 9.72. The third-order valence-electron chi connectivity index (χ3n) is 3.98. The van der Waals surface area contributed by atoms with E-state index in [0.717, 1.165) is 24.5 Å². The number of fused-ring (bicyclic) bond motifs is 2. The molecule has 3 heteroatoms. The molecule has 0 aliphatic carbocycles. The Hall–Kier alpha value is -1.09. The van der Waals surface area contributed by atoms with Crippen molar-refractivity contribution in [2.24, 2.45) is 0 Å². The van der Waals surface area contributed by atoms with Crippen LogP contribution in [0.3, 0.4) is 0 Å². The van der Waals surface area contributed by atoms with E-state index in [4.69, 9.17) is 4.74 Å². The summed E-state index contributed by atoms with van der Waals surface area (Å²) in [6.45, 7) is 1.06. The summed E-state index contributed by atoms with van der Waals surface area (Å²) >= 11 is 0. The largest absolute Gasteiger partial charge is 0.481 e. The Labute approximate surface area is 96.4 Å². The van der Waals surface area contributed by atoms with Gasteiger partial charge in [0.1, 0.15) is 0 Å². The van der Waals surface area contributed by atoms with E-state index in [1.807, 2.05) is 6.20 Å². The van der Waals surface area contributed by atoms with Crippen molar-refractivity contribution in [3.8, 4) is 5.88 Å². The quantitative estimate of drug-likeness (QED) is 0.778. The smallest absolute Gasteiger partial charge is 0.213 e. The highest BCUT2D eigenvalue weighted by molar-refractivity contribution is 5.21. The van der Waals surface area contributed by atoms with Crippen LogP contribution in [0.5, 0.6) is 5.88 Å². The van der Waals surface area contributed by atoms with Crippen LogP contribution < -0.4 is 4.74 Å². The molecule has 2 aliphatic rings. The molecule has 0 aromatic carbocycles. The Morgan fingerprint density at radius 2 is 2.00 bits per heavy atom. The summed E-state index contributed by atoms with van der Waals surface area (Å²) in [6.07, 6.45) is 7.42. The highest BCUT2D eigenvalue weighted by Gasteiger charge is 2.38. The van der Waals surface area contributed by atoms with Gasteiger partial charge < -0.3 is 4.74 Å². The molecule has 2 aliphatic heterocycles. The van der Waals surface area contributed by atoms with Gasteiger partial charge in [0, 0.05) is 30.9 Å². The van der Waals surface area contributed by atoms with E-state index in [1.165, 1.54) is 31.2 Å². The molecule has 16 heavy (non-hydrogen) atoms. The normalized spacial score (nSPS) is 28.6.